The molecule has 30 heavy (non-hydrogen) atoms. The highest BCUT2D eigenvalue weighted by Gasteiger charge is 2.36. The van der Waals surface area contributed by atoms with E-state index in [0.717, 1.165) is 32.4 Å². The summed E-state index contributed by atoms with van der Waals surface area (Å²) < 4.78 is 5.22. The van der Waals surface area contributed by atoms with Crippen LogP contribution in [0.25, 0.3) is 0 Å². The van der Waals surface area contributed by atoms with Gasteiger partial charge in [0.1, 0.15) is 11.8 Å². The second kappa shape index (κ2) is 10.5. The van der Waals surface area contributed by atoms with Crippen molar-refractivity contribution >= 4 is 17.7 Å². The van der Waals surface area contributed by atoms with E-state index >= 15 is 0 Å². The van der Waals surface area contributed by atoms with Gasteiger partial charge in [0.15, 0.2) is 0 Å². The number of likely N-dealkylation sites (tertiary alicyclic amines) is 2. The van der Waals surface area contributed by atoms with Crippen LogP contribution in [0.3, 0.4) is 0 Å². The predicted octanol–water partition coefficient (Wildman–Crippen LogP) is 2.45. The van der Waals surface area contributed by atoms with Crippen LogP contribution in [0.15, 0.2) is 24.3 Å². The summed E-state index contributed by atoms with van der Waals surface area (Å²) >= 11 is 0. The van der Waals surface area contributed by atoms with Gasteiger partial charge in [-0.2, -0.15) is 0 Å². The number of carbonyl (C=O) groups is 3. The summed E-state index contributed by atoms with van der Waals surface area (Å²) in [6.45, 7) is 4.63. The maximum atomic E-state index is 13.4. The molecule has 1 aromatic carbocycles. The van der Waals surface area contributed by atoms with Gasteiger partial charge in [0.2, 0.25) is 11.8 Å². The van der Waals surface area contributed by atoms with E-state index in [1.165, 1.54) is 0 Å². The summed E-state index contributed by atoms with van der Waals surface area (Å²) in [7, 11) is 1.56. The van der Waals surface area contributed by atoms with E-state index in [4.69, 9.17) is 4.74 Å². The van der Waals surface area contributed by atoms with Crippen LogP contribution in [-0.2, 0) is 9.59 Å². The summed E-state index contributed by atoms with van der Waals surface area (Å²) in [4.78, 5) is 42.1. The zero-order valence-electron chi connectivity index (χ0n) is 18.1. The fraction of sp³-hybridized carbons (Fsp3) is 0.609. The summed E-state index contributed by atoms with van der Waals surface area (Å²) in [5.74, 6) is 0.512. The zero-order chi connectivity index (χ0) is 21.5. The molecule has 0 aromatic heterocycles. The third-order valence-corrected chi connectivity index (χ3v) is 6.22. The monoisotopic (exact) mass is 415 g/mol. The Labute approximate surface area is 178 Å². The van der Waals surface area contributed by atoms with E-state index < -0.39 is 6.04 Å². The highest BCUT2D eigenvalue weighted by atomic mass is 16.5. The van der Waals surface area contributed by atoms with Gasteiger partial charge in [0, 0.05) is 38.2 Å². The fourth-order valence-electron chi connectivity index (χ4n) is 4.39. The van der Waals surface area contributed by atoms with Crippen molar-refractivity contribution in [3.05, 3.63) is 29.8 Å². The van der Waals surface area contributed by atoms with Crippen LogP contribution in [0.1, 0.15) is 55.8 Å². The van der Waals surface area contributed by atoms with E-state index in [1.807, 2.05) is 16.7 Å². The molecule has 2 aliphatic heterocycles. The van der Waals surface area contributed by atoms with Gasteiger partial charge in [-0.1, -0.05) is 13.0 Å². The maximum absolute atomic E-state index is 13.4. The highest BCUT2D eigenvalue weighted by Crippen LogP contribution is 2.24. The SMILES string of the molecule is CCC(=O)N1CCC(C(NC(=O)c2cccc(OC)c2)C(=O)N2CCCCC2)CC1. The van der Waals surface area contributed by atoms with Crippen molar-refractivity contribution in [2.75, 3.05) is 33.3 Å². The molecule has 0 bridgehead atoms. The molecule has 1 N–H and O–H groups in total. The molecule has 164 valence electrons. The molecule has 0 radical (unpaired) electrons. The van der Waals surface area contributed by atoms with Crippen LogP contribution in [0, 0.1) is 5.92 Å². The van der Waals surface area contributed by atoms with Crippen molar-refractivity contribution in [1.82, 2.24) is 15.1 Å². The van der Waals surface area contributed by atoms with Crippen LogP contribution >= 0.6 is 0 Å². The van der Waals surface area contributed by atoms with E-state index in [0.29, 0.717) is 43.7 Å². The summed E-state index contributed by atoms with van der Waals surface area (Å²) in [5.41, 5.74) is 0.476. The normalized spacial score (nSPS) is 18.6. The average Bonchev–Trinajstić information content (AvgIpc) is 2.82. The molecule has 2 aliphatic rings. The third-order valence-electron chi connectivity index (χ3n) is 6.22. The molecule has 0 aliphatic carbocycles. The Bertz CT molecular complexity index is 753. The minimum atomic E-state index is -0.569. The molecular weight excluding hydrogens is 382 g/mol. The lowest BCUT2D eigenvalue weighted by molar-refractivity contribution is -0.136. The topological polar surface area (TPSA) is 79.0 Å². The third kappa shape index (κ3) is 5.32. The number of amides is 3. The Morgan fingerprint density at radius 1 is 1.07 bits per heavy atom. The number of rotatable bonds is 6. The lowest BCUT2D eigenvalue weighted by Crippen LogP contribution is -2.55. The Morgan fingerprint density at radius 3 is 2.40 bits per heavy atom. The van der Waals surface area contributed by atoms with Crippen molar-refractivity contribution < 1.29 is 19.1 Å². The van der Waals surface area contributed by atoms with Crippen LogP contribution in [0.2, 0.25) is 0 Å². The van der Waals surface area contributed by atoms with Gasteiger partial charge in [-0.15, -0.1) is 0 Å². The smallest absolute Gasteiger partial charge is 0.252 e. The van der Waals surface area contributed by atoms with Crippen molar-refractivity contribution in [2.24, 2.45) is 5.92 Å². The lowest BCUT2D eigenvalue weighted by Gasteiger charge is -2.38. The molecule has 2 heterocycles. The molecule has 1 atom stereocenters. The first kappa shape index (κ1) is 22.1. The van der Waals surface area contributed by atoms with Crippen molar-refractivity contribution in [2.45, 2.75) is 51.5 Å². The molecule has 1 unspecified atom stereocenters. The number of nitrogens with one attached hydrogen (secondary N) is 1. The number of carbonyl (C=O) groups excluding carboxylic acids is 3. The van der Waals surface area contributed by atoms with Crippen molar-refractivity contribution in [3.63, 3.8) is 0 Å². The predicted molar refractivity (Wildman–Crippen MR) is 114 cm³/mol. The van der Waals surface area contributed by atoms with E-state index in [9.17, 15) is 14.4 Å². The second-order valence-electron chi connectivity index (χ2n) is 8.14. The highest BCUT2D eigenvalue weighted by molar-refractivity contribution is 5.98. The molecular formula is C23H33N3O4. The number of nitrogens with zero attached hydrogens (tertiary/aromatic N) is 2. The number of hydrogen-bond donors (Lipinski definition) is 1. The van der Waals surface area contributed by atoms with Gasteiger partial charge in [0.05, 0.1) is 7.11 Å². The van der Waals surface area contributed by atoms with Crippen molar-refractivity contribution in [3.8, 4) is 5.75 Å². The van der Waals surface area contributed by atoms with Gasteiger partial charge < -0.3 is 19.9 Å². The molecule has 2 saturated heterocycles. The summed E-state index contributed by atoms with van der Waals surface area (Å²) in [6, 6.07) is 6.39. The first-order valence-corrected chi connectivity index (χ1v) is 11.0. The largest absolute Gasteiger partial charge is 0.497 e. The molecule has 3 amide bonds. The van der Waals surface area contributed by atoms with Crippen LogP contribution in [0.5, 0.6) is 5.75 Å². The van der Waals surface area contributed by atoms with Crippen molar-refractivity contribution in [1.29, 1.82) is 0 Å². The first-order valence-electron chi connectivity index (χ1n) is 11.0. The average molecular weight is 416 g/mol. The standard InChI is InChI=1S/C23H33N3O4/c1-3-20(27)25-14-10-17(11-15-25)21(23(29)26-12-5-4-6-13-26)24-22(28)18-8-7-9-19(16-18)30-2/h7-9,16-17,21H,3-6,10-15H2,1-2H3,(H,24,28). The zero-order valence-corrected chi connectivity index (χ0v) is 18.1. The first-order chi connectivity index (χ1) is 14.5. The molecule has 7 nitrogen and oxygen atoms in total. The molecule has 7 heteroatoms. The molecule has 0 spiro atoms. The van der Waals surface area contributed by atoms with Crippen LogP contribution in [-0.4, -0.2) is 66.9 Å². The molecule has 3 rings (SSSR count). The minimum Gasteiger partial charge on any atom is -0.497 e. The van der Waals surface area contributed by atoms with E-state index in [1.54, 1.807) is 31.4 Å². The summed E-state index contributed by atoms with van der Waals surface area (Å²) in [5, 5.41) is 3.02. The number of hydrogen-bond acceptors (Lipinski definition) is 4. The lowest BCUT2D eigenvalue weighted by atomic mass is 9.87. The quantitative estimate of drug-likeness (QED) is 0.774. The Hall–Kier alpha value is -2.57. The maximum Gasteiger partial charge on any atom is 0.252 e. The van der Waals surface area contributed by atoms with Gasteiger partial charge >= 0.3 is 0 Å². The second-order valence-corrected chi connectivity index (χ2v) is 8.14. The van der Waals surface area contributed by atoms with Gasteiger partial charge in [-0.3, -0.25) is 14.4 Å². The fourth-order valence-corrected chi connectivity index (χ4v) is 4.39. The van der Waals surface area contributed by atoms with Gasteiger partial charge in [-0.05, 0) is 56.2 Å². The number of ether oxygens (including phenoxy) is 1. The Balaban J connectivity index is 1.74. The van der Waals surface area contributed by atoms with Gasteiger partial charge in [0.25, 0.3) is 5.91 Å². The van der Waals surface area contributed by atoms with E-state index in [2.05, 4.69) is 5.32 Å². The minimum absolute atomic E-state index is 0.00575. The van der Waals surface area contributed by atoms with Crippen LogP contribution in [0.4, 0.5) is 0 Å². The number of piperidine rings is 2. The Kier molecular flexibility index (Phi) is 7.71. The van der Waals surface area contributed by atoms with E-state index in [-0.39, 0.29) is 23.6 Å². The Morgan fingerprint density at radius 2 is 1.77 bits per heavy atom. The molecule has 0 saturated carbocycles. The number of benzene rings is 1. The molecule has 1 aromatic rings. The molecule has 2 fully saturated rings. The van der Waals surface area contributed by atoms with Gasteiger partial charge in [-0.25, -0.2) is 0 Å². The summed E-state index contributed by atoms with van der Waals surface area (Å²) in [6.07, 6.45) is 5.08. The number of methoxy groups -OCH3 is 1. The van der Waals surface area contributed by atoms with Crippen LogP contribution < -0.4 is 10.1 Å².